The lowest BCUT2D eigenvalue weighted by atomic mass is 10.0. The minimum Gasteiger partial charge on any atom is -0.497 e. The molecule has 2 aromatic carbocycles. The topological polar surface area (TPSA) is 95.9 Å². The molecule has 1 heterocycles. The number of aliphatic carboxylic acids is 1. The Morgan fingerprint density at radius 3 is 2.46 bits per heavy atom. The van der Waals surface area contributed by atoms with Gasteiger partial charge in [-0.15, -0.1) is 0 Å². The van der Waals surface area contributed by atoms with E-state index in [1.165, 1.54) is 7.11 Å². The van der Waals surface area contributed by atoms with Gasteiger partial charge < -0.3 is 20.1 Å². The van der Waals surface area contributed by atoms with E-state index >= 15 is 0 Å². The number of hydrogen-bond donors (Lipinski definition) is 2. The lowest BCUT2D eigenvalue weighted by Gasteiger charge is -2.19. The molecule has 1 saturated heterocycles. The van der Waals surface area contributed by atoms with Crippen LogP contribution in [0.1, 0.15) is 23.6 Å². The third-order valence-corrected chi connectivity index (χ3v) is 4.78. The highest BCUT2D eigenvalue weighted by Crippen LogP contribution is 2.23. The minimum absolute atomic E-state index is 0.0770. The quantitative estimate of drug-likeness (QED) is 0.763. The number of nitrogens with one attached hydrogen (secondary N) is 1. The number of rotatable bonds is 7. The van der Waals surface area contributed by atoms with Gasteiger partial charge in [0.05, 0.1) is 13.0 Å². The molecule has 28 heavy (non-hydrogen) atoms. The molecule has 0 aliphatic carbocycles. The highest BCUT2D eigenvalue weighted by atomic mass is 16.5. The summed E-state index contributed by atoms with van der Waals surface area (Å²) in [5, 5.41) is 12.1. The Balaban J connectivity index is 1.65. The first-order chi connectivity index (χ1) is 13.5. The van der Waals surface area contributed by atoms with Crippen LogP contribution in [0.3, 0.4) is 0 Å². The predicted octanol–water partition coefficient (Wildman–Crippen LogP) is 1.99. The maximum absolute atomic E-state index is 12.6. The minimum atomic E-state index is -1.18. The number of amides is 2. The number of benzene rings is 2. The van der Waals surface area contributed by atoms with Crippen molar-refractivity contribution in [1.82, 2.24) is 10.2 Å². The first-order valence-electron chi connectivity index (χ1n) is 8.96. The van der Waals surface area contributed by atoms with Gasteiger partial charge in [0.15, 0.2) is 6.04 Å². The molecule has 0 aromatic heterocycles. The summed E-state index contributed by atoms with van der Waals surface area (Å²) in [6, 6.07) is 14.8. The Kier molecular flexibility index (Phi) is 5.93. The number of ether oxygens (including phenoxy) is 1. The second-order valence-corrected chi connectivity index (χ2v) is 6.71. The molecule has 3 rings (SSSR count). The predicted molar refractivity (Wildman–Crippen MR) is 101 cm³/mol. The maximum atomic E-state index is 12.6. The zero-order chi connectivity index (χ0) is 20.1. The summed E-state index contributed by atoms with van der Waals surface area (Å²) >= 11 is 0. The van der Waals surface area contributed by atoms with Gasteiger partial charge in [-0.1, -0.05) is 42.5 Å². The van der Waals surface area contributed by atoms with Gasteiger partial charge in [0, 0.05) is 19.5 Å². The molecular formula is C21H22N2O5. The number of likely N-dealkylation sites (tertiary alicyclic amines) is 1. The molecular weight excluding hydrogens is 360 g/mol. The summed E-state index contributed by atoms with van der Waals surface area (Å²) in [6.45, 7) is 0.707. The second kappa shape index (κ2) is 8.56. The fourth-order valence-electron chi connectivity index (χ4n) is 3.25. The summed E-state index contributed by atoms with van der Waals surface area (Å²) in [5.41, 5.74) is 1.42. The lowest BCUT2D eigenvalue weighted by molar-refractivity contribution is -0.142. The van der Waals surface area contributed by atoms with Gasteiger partial charge in [-0.2, -0.15) is 0 Å². The van der Waals surface area contributed by atoms with Gasteiger partial charge in [-0.3, -0.25) is 9.59 Å². The maximum Gasteiger partial charge on any atom is 0.330 e. The van der Waals surface area contributed by atoms with Crippen molar-refractivity contribution in [2.45, 2.75) is 19.0 Å². The van der Waals surface area contributed by atoms with Gasteiger partial charge in [-0.05, 0) is 23.3 Å². The molecule has 0 spiro atoms. The second-order valence-electron chi connectivity index (χ2n) is 6.71. The smallest absolute Gasteiger partial charge is 0.330 e. The Hall–Kier alpha value is -3.35. The van der Waals surface area contributed by atoms with E-state index in [4.69, 9.17) is 4.74 Å². The van der Waals surface area contributed by atoms with Crippen LogP contribution in [0, 0.1) is 5.92 Å². The first kappa shape index (κ1) is 19.4. The van der Waals surface area contributed by atoms with Crippen molar-refractivity contribution in [1.29, 1.82) is 0 Å². The van der Waals surface area contributed by atoms with Crippen molar-refractivity contribution in [2.24, 2.45) is 5.92 Å². The molecule has 7 heteroatoms. The molecule has 1 aliphatic rings. The van der Waals surface area contributed by atoms with E-state index < -0.39 is 23.8 Å². The zero-order valence-corrected chi connectivity index (χ0v) is 15.5. The third-order valence-electron chi connectivity index (χ3n) is 4.78. The van der Waals surface area contributed by atoms with E-state index in [1.807, 2.05) is 30.3 Å². The summed E-state index contributed by atoms with van der Waals surface area (Å²) in [6.07, 6.45) is 0.0770. The van der Waals surface area contributed by atoms with Crippen molar-refractivity contribution in [2.75, 3.05) is 13.7 Å². The van der Waals surface area contributed by atoms with Crippen LogP contribution in [-0.2, 0) is 20.9 Å². The molecule has 2 aromatic rings. The molecule has 1 aliphatic heterocycles. The fraction of sp³-hybridized carbons (Fsp3) is 0.286. The number of hydrogen-bond acceptors (Lipinski definition) is 4. The van der Waals surface area contributed by atoms with E-state index in [2.05, 4.69) is 5.32 Å². The molecule has 2 amide bonds. The summed E-state index contributed by atoms with van der Waals surface area (Å²) in [5.74, 6) is -1.69. The molecule has 2 atom stereocenters. The molecule has 2 unspecified atom stereocenters. The largest absolute Gasteiger partial charge is 0.497 e. The van der Waals surface area contributed by atoms with Crippen LogP contribution in [0.5, 0.6) is 5.75 Å². The average Bonchev–Trinajstić information content (AvgIpc) is 3.07. The van der Waals surface area contributed by atoms with Crippen LogP contribution in [0.25, 0.3) is 0 Å². The summed E-state index contributed by atoms with van der Waals surface area (Å²) in [7, 11) is 1.52. The SMILES string of the molecule is COc1ccc(C(NC(=O)C2CC(=O)N(Cc3ccccc3)C2)C(=O)O)cc1. The van der Waals surface area contributed by atoms with Gasteiger partial charge in [0.2, 0.25) is 11.8 Å². The molecule has 1 fully saturated rings. The fourth-order valence-corrected chi connectivity index (χ4v) is 3.25. The van der Waals surface area contributed by atoms with Crippen molar-refractivity contribution in [3.8, 4) is 5.75 Å². The number of carbonyl (C=O) groups is 3. The van der Waals surface area contributed by atoms with Crippen molar-refractivity contribution >= 4 is 17.8 Å². The summed E-state index contributed by atoms with van der Waals surface area (Å²) in [4.78, 5) is 38.2. The van der Waals surface area contributed by atoms with Crippen LogP contribution in [0.2, 0.25) is 0 Å². The number of carboxylic acid groups (broad SMARTS) is 1. The van der Waals surface area contributed by atoms with E-state index in [1.54, 1.807) is 29.2 Å². The van der Waals surface area contributed by atoms with Gasteiger partial charge >= 0.3 is 5.97 Å². The Bertz CT molecular complexity index is 851. The summed E-state index contributed by atoms with van der Waals surface area (Å²) < 4.78 is 5.07. The lowest BCUT2D eigenvalue weighted by Crippen LogP contribution is -2.38. The molecule has 0 saturated carbocycles. The van der Waals surface area contributed by atoms with Crippen LogP contribution in [0.15, 0.2) is 54.6 Å². The number of carboxylic acids is 1. The number of nitrogens with zero attached hydrogens (tertiary/aromatic N) is 1. The molecule has 0 radical (unpaired) electrons. The van der Waals surface area contributed by atoms with Gasteiger partial charge in [0.25, 0.3) is 0 Å². The Morgan fingerprint density at radius 2 is 1.86 bits per heavy atom. The zero-order valence-electron chi connectivity index (χ0n) is 15.5. The van der Waals surface area contributed by atoms with E-state index in [-0.39, 0.29) is 18.9 Å². The third kappa shape index (κ3) is 4.49. The molecule has 2 N–H and O–H groups in total. The standard InChI is InChI=1S/C21H22N2O5/c1-28-17-9-7-15(8-10-17)19(21(26)27)22-20(25)16-11-18(24)23(13-16)12-14-5-3-2-4-6-14/h2-10,16,19H,11-13H2,1H3,(H,22,25)(H,26,27). The van der Waals surface area contributed by atoms with E-state index in [9.17, 15) is 19.5 Å². The average molecular weight is 382 g/mol. The highest BCUT2D eigenvalue weighted by Gasteiger charge is 2.36. The van der Waals surface area contributed by atoms with Crippen LogP contribution in [0.4, 0.5) is 0 Å². The Morgan fingerprint density at radius 1 is 1.18 bits per heavy atom. The van der Waals surface area contributed by atoms with E-state index in [0.717, 1.165) is 5.56 Å². The Labute approximate surface area is 162 Å². The highest BCUT2D eigenvalue weighted by molar-refractivity contribution is 5.91. The van der Waals surface area contributed by atoms with Gasteiger partial charge in [0.1, 0.15) is 5.75 Å². The van der Waals surface area contributed by atoms with Crippen LogP contribution >= 0.6 is 0 Å². The van der Waals surface area contributed by atoms with Crippen molar-refractivity contribution in [3.05, 3.63) is 65.7 Å². The van der Waals surface area contributed by atoms with Crippen molar-refractivity contribution < 1.29 is 24.2 Å². The number of carbonyl (C=O) groups excluding carboxylic acids is 2. The molecule has 7 nitrogen and oxygen atoms in total. The first-order valence-corrected chi connectivity index (χ1v) is 8.96. The van der Waals surface area contributed by atoms with Crippen LogP contribution in [-0.4, -0.2) is 41.4 Å². The van der Waals surface area contributed by atoms with Crippen molar-refractivity contribution in [3.63, 3.8) is 0 Å². The molecule has 0 bridgehead atoms. The van der Waals surface area contributed by atoms with Crippen LogP contribution < -0.4 is 10.1 Å². The monoisotopic (exact) mass is 382 g/mol. The number of methoxy groups -OCH3 is 1. The normalized spacial score (nSPS) is 17.2. The molecule has 146 valence electrons. The van der Waals surface area contributed by atoms with E-state index in [0.29, 0.717) is 17.9 Å². The van der Waals surface area contributed by atoms with Gasteiger partial charge in [-0.25, -0.2) is 4.79 Å².